The summed E-state index contributed by atoms with van der Waals surface area (Å²) in [5.41, 5.74) is 2.93. The van der Waals surface area contributed by atoms with E-state index in [-0.39, 0.29) is 25.0 Å². The number of amides is 2. The third kappa shape index (κ3) is 7.19. The van der Waals surface area contributed by atoms with Gasteiger partial charge >= 0.3 is 0 Å². The largest absolute Gasteiger partial charge is 0.391 e. The minimum Gasteiger partial charge on any atom is -0.391 e. The van der Waals surface area contributed by atoms with Crippen molar-refractivity contribution in [2.45, 2.75) is 31.9 Å². The Balaban J connectivity index is 1.45. The Morgan fingerprint density at radius 1 is 1.16 bits per heavy atom. The maximum absolute atomic E-state index is 13.3. The van der Waals surface area contributed by atoms with Crippen LogP contribution in [-0.2, 0) is 21.0 Å². The van der Waals surface area contributed by atoms with Gasteiger partial charge in [-0.15, -0.1) is 0 Å². The third-order valence-electron chi connectivity index (χ3n) is 6.06. The zero-order valence-corrected chi connectivity index (χ0v) is 22.3. The fraction of sp³-hybridized carbons (Fsp3) is 0.333. The fourth-order valence-corrected chi connectivity index (χ4v) is 4.48. The van der Waals surface area contributed by atoms with Gasteiger partial charge in [-0.3, -0.25) is 14.6 Å². The van der Waals surface area contributed by atoms with E-state index in [0.717, 1.165) is 23.0 Å². The Morgan fingerprint density at radius 2 is 2.00 bits per heavy atom. The molecule has 2 heterocycles. The number of halogens is 2. The molecular formula is C27H29Cl2N5O3. The van der Waals surface area contributed by atoms with Crippen molar-refractivity contribution < 1.29 is 14.4 Å². The van der Waals surface area contributed by atoms with Crippen molar-refractivity contribution in [3.05, 3.63) is 70.3 Å². The number of pyridine rings is 1. The fourth-order valence-electron chi connectivity index (χ4n) is 4.16. The topological polar surface area (TPSA) is 87.1 Å². The molecule has 0 unspecified atom stereocenters. The Kier molecular flexibility index (Phi) is 8.97. The number of nitrogens with one attached hydrogen (secondary N) is 1. The molecule has 0 radical (unpaired) electrons. The maximum Gasteiger partial charge on any atom is 0.247 e. The lowest BCUT2D eigenvalue weighted by Gasteiger charge is -2.23. The highest BCUT2D eigenvalue weighted by atomic mass is 35.5. The average Bonchev–Trinajstić information content (AvgIpc) is 3.30. The number of carbonyl (C=O) groups excluding carboxylic acids is 2. The number of rotatable bonds is 9. The van der Waals surface area contributed by atoms with Crippen LogP contribution in [0, 0.1) is 0 Å². The van der Waals surface area contributed by atoms with Gasteiger partial charge in [0.1, 0.15) is 12.6 Å². The van der Waals surface area contributed by atoms with Crippen LogP contribution in [0.5, 0.6) is 0 Å². The summed E-state index contributed by atoms with van der Waals surface area (Å²) in [4.78, 5) is 39.8. The van der Waals surface area contributed by atoms with E-state index in [4.69, 9.17) is 28.0 Å². The van der Waals surface area contributed by atoms with Gasteiger partial charge in [0.05, 0.1) is 27.8 Å². The SMILES string of the molecule is CN(C)CCCC(=O)N1C/C(=N/OCc2ccc(Cl)c(Cl)c2)C[C@H]1C(=O)Nc1ccc2ncccc2c1. The first-order valence-electron chi connectivity index (χ1n) is 12.0. The van der Waals surface area contributed by atoms with E-state index >= 15 is 0 Å². The number of aromatic nitrogens is 1. The maximum atomic E-state index is 13.3. The predicted octanol–water partition coefficient (Wildman–Crippen LogP) is 5.00. The molecule has 1 atom stereocenters. The number of nitrogens with zero attached hydrogens (tertiary/aromatic N) is 4. The molecule has 1 aliphatic heterocycles. The average molecular weight is 542 g/mol. The molecule has 3 aromatic rings. The van der Waals surface area contributed by atoms with Crippen LogP contribution in [0.2, 0.25) is 10.0 Å². The molecule has 1 saturated heterocycles. The molecule has 1 fully saturated rings. The van der Waals surface area contributed by atoms with Crippen molar-refractivity contribution in [2.75, 3.05) is 32.5 Å². The molecule has 1 aromatic heterocycles. The zero-order chi connectivity index (χ0) is 26.4. The van der Waals surface area contributed by atoms with E-state index < -0.39 is 6.04 Å². The van der Waals surface area contributed by atoms with E-state index in [9.17, 15) is 9.59 Å². The molecule has 0 saturated carbocycles. The monoisotopic (exact) mass is 541 g/mol. The first kappa shape index (κ1) is 26.9. The first-order chi connectivity index (χ1) is 17.8. The summed E-state index contributed by atoms with van der Waals surface area (Å²) < 4.78 is 0. The number of fused-ring (bicyclic) bond motifs is 1. The Morgan fingerprint density at radius 3 is 2.78 bits per heavy atom. The summed E-state index contributed by atoms with van der Waals surface area (Å²) in [7, 11) is 3.93. The van der Waals surface area contributed by atoms with Crippen molar-refractivity contribution in [2.24, 2.45) is 5.16 Å². The molecule has 2 aromatic carbocycles. The molecule has 0 bridgehead atoms. The number of hydrogen-bond acceptors (Lipinski definition) is 6. The van der Waals surface area contributed by atoms with Crippen LogP contribution < -0.4 is 5.32 Å². The number of benzene rings is 2. The molecule has 2 amide bonds. The second-order valence-electron chi connectivity index (χ2n) is 9.23. The lowest BCUT2D eigenvalue weighted by Crippen LogP contribution is -2.43. The highest BCUT2D eigenvalue weighted by Gasteiger charge is 2.37. The summed E-state index contributed by atoms with van der Waals surface area (Å²) >= 11 is 12.0. The molecule has 1 N–H and O–H groups in total. The molecule has 8 nitrogen and oxygen atoms in total. The number of likely N-dealkylation sites (tertiary alicyclic amines) is 1. The van der Waals surface area contributed by atoms with Gasteiger partial charge in [-0.25, -0.2) is 0 Å². The van der Waals surface area contributed by atoms with E-state index in [1.54, 1.807) is 35.4 Å². The van der Waals surface area contributed by atoms with Gasteiger partial charge in [0, 0.05) is 30.1 Å². The number of oxime groups is 1. The summed E-state index contributed by atoms with van der Waals surface area (Å²) in [6.45, 7) is 1.22. The molecular weight excluding hydrogens is 513 g/mol. The minimum atomic E-state index is -0.677. The Hall–Kier alpha value is -3.20. The van der Waals surface area contributed by atoms with E-state index in [1.807, 2.05) is 43.3 Å². The van der Waals surface area contributed by atoms with Crippen molar-refractivity contribution in [3.8, 4) is 0 Å². The van der Waals surface area contributed by atoms with Crippen molar-refractivity contribution >= 4 is 57.3 Å². The van der Waals surface area contributed by atoms with Gasteiger partial charge in [0.15, 0.2) is 0 Å². The summed E-state index contributed by atoms with van der Waals surface area (Å²) in [6.07, 6.45) is 3.07. The van der Waals surface area contributed by atoms with Gasteiger partial charge in [0.25, 0.3) is 0 Å². The van der Waals surface area contributed by atoms with Gasteiger partial charge in [-0.2, -0.15) is 0 Å². The van der Waals surface area contributed by atoms with Gasteiger partial charge in [-0.05, 0) is 69.0 Å². The summed E-state index contributed by atoms with van der Waals surface area (Å²) in [5.74, 6) is -0.349. The van der Waals surface area contributed by atoms with Crippen LogP contribution in [0.4, 0.5) is 5.69 Å². The minimum absolute atomic E-state index is 0.0839. The predicted molar refractivity (Wildman–Crippen MR) is 147 cm³/mol. The Labute approximate surface area is 226 Å². The second-order valence-corrected chi connectivity index (χ2v) is 10.0. The van der Waals surface area contributed by atoms with Crippen LogP contribution in [0.15, 0.2) is 59.9 Å². The first-order valence-corrected chi connectivity index (χ1v) is 12.8. The Bertz CT molecular complexity index is 1310. The quantitative estimate of drug-likeness (QED) is 0.385. The molecule has 0 spiro atoms. The molecule has 0 aliphatic carbocycles. The van der Waals surface area contributed by atoms with Crippen molar-refractivity contribution in [1.82, 2.24) is 14.8 Å². The number of anilines is 1. The van der Waals surface area contributed by atoms with Crippen LogP contribution in [0.3, 0.4) is 0 Å². The number of carbonyl (C=O) groups is 2. The van der Waals surface area contributed by atoms with Gasteiger partial charge in [0.2, 0.25) is 11.8 Å². The third-order valence-corrected chi connectivity index (χ3v) is 6.80. The molecule has 4 rings (SSSR count). The lowest BCUT2D eigenvalue weighted by atomic mass is 10.1. The van der Waals surface area contributed by atoms with E-state index in [0.29, 0.717) is 40.7 Å². The van der Waals surface area contributed by atoms with E-state index in [2.05, 4.69) is 15.5 Å². The van der Waals surface area contributed by atoms with Gasteiger partial charge in [-0.1, -0.05) is 40.5 Å². The van der Waals surface area contributed by atoms with Crippen LogP contribution in [0.1, 0.15) is 24.8 Å². The smallest absolute Gasteiger partial charge is 0.247 e. The molecule has 1 aliphatic rings. The van der Waals surface area contributed by atoms with E-state index in [1.165, 1.54) is 0 Å². The highest BCUT2D eigenvalue weighted by Crippen LogP contribution is 2.24. The second kappa shape index (κ2) is 12.4. The van der Waals surface area contributed by atoms with Crippen LogP contribution >= 0.6 is 23.2 Å². The lowest BCUT2D eigenvalue weighted by molar-refractivity contribution is -0.136. The van der Waals surface area contributed by atoms with Gasteiger partial charge < -0.3 is 20.0 Å². The molecule has 194 valence electrons. The molecule has 37 heavy (non-hydrogen) atoms. The van der Waals surface area contributed by atoms with Crippen molar-refractivity contribution in [1.29, 1.82) is 0 Å². The normalized spacial score (nSPS) is 16.5. The van der Waals surface area contributed by atoms with Crippen LogP contribution in [-0.4, -0.2) is 65.5 Å². The van der Waals surface area contributed by atoms with Crippen molar-refractivity contribution in [3.63, 3.8) is 0 Å². The van der Waals surface area contributed by atoms with Crippen LogP contribution in [0.25, 0.3) is 10.9 Å². The molecule has 10 heteroatoms. The summed E-state index contributed by atoms with van der Waals surface area (Å²) in [6, 6.07) is 13.9. The standard InChI is InChI=1S/C27H29Cl2N5O3/c1-33(2)12-4-6-26(35)34-16-21(32-37-17-18-7-9-22(28)23(29)13-18)15-25(34)27(36)31-20-8-10-24-19(14-20)5-3-11-30-24/h3,5,7-11,13-14,25H,4,6,12,15-17H2,1-2H3,(H,31,36)/b32-21+/t25-/m0/s1. The highest BCUT2D eigenvalue weighted by molar-refractivity contribution is 6.42. The number of hydrogen-bond donors (Lipinski definition) is 1. The zero-order valence-electron chi connectivity index (χ0n) is 20.8. The summed E-state index contributed by atoms with van der Waals surface area (Å²) in [5, 5.41) is 9.02.